The van der Waals surface area contributed by atoms with Gasteiger partial charge in [-0.2, -0.15) is 0 Å². The van der Waals surface area contributed by atoms with Gasteiger partial charge in [0.25, 0.3) is 0 Å². The molecule has 6 nitrogen and oxygen atoms in total. The van der Waals surface area contributed by atoms with Crippen molar-refractivity contribution in [3.63, 3.8) is 0 Å². The van der Waals surface area contributed by atoms with Crippen LogP contribution in [0, 0.1) is 11.8 Å². The van der Waals surface area contributed by atoms with E-state index >= 15 is 0 Å². The Bertz CT molecular complexity index is 316. The molecule has 1 saturated carbocycles. The summed E-state index contributed by atoms with van der Waals surface area (Å²) < 4.78 is 5.24. The van der Waals surface area contributed by atoms with E-state index in [0.29, 0.717) is 19.4 Å². The Morgan fingerprint density at radius 1 is 0.957 bits per heavy atom. The van der Waals surface area contributed by atoms with E-state index in [9.17, 15) is 9.59 Å². The van der Waals surface area contributed by atoms with Gasteiger partial charge in [0.05, 0.1) is 31.7 Å². The van der Waals surface area contributed by atoms with Crippen molar-refractivity contribution in [3.05, 3.63) is 0 Å². The Hall–Kier alpha value is -1.14. The zero-order valence-corrected chi connectivity index (χ0v) is 14.2. The van der Waals surface area contributed by atoms with Crippen molar-refractivity contribution >= 4 is 11.9 Å². The number of aliphatic hydroxyl groups is 2. The van der Waals surface area contributed by atoms with Gasteiger partial charge in [0, 0.05) is 0 Å². The molecule has 0 aromatic heterocycles. The minimum atomic E-state index is -0.857. The molecule has 136 valence electrons. The predicted octanol–water partition coefficient (Wildman–Crippen LogP) is 2.36. The van der Waals surface area contributed by atoms with E-state index in [1.807, 2.05) is 0 Å². The monoisotopic (exact) mass is 332 g/mol. The number of unbranched alkanes of at least 4 members (excludes halogenated alkanes) is 4. The molecule has 23 heavy (non-hydrogen) atoms. The van der Waals surface area contributed by atoms with E-state index < -0.39 is 17.8 Å². The van der Waals surface area contributed by atoms with Gasteiger partial charge in [-0.3, -0.25) is 9.59 Å². The van der Waals surface area contributed by atoms with Crippen LogP contribution in [0.2, 0.25) is 0 Å². The van der Waals surface area contributed by atoms with Crippen LogP contribution < -0.4 is 0 Å². The van der Waals surface area contributed by atoms with Crippen LogP contribution in [-0.2, 0) is 14.3 Å². The normalized spacial score (nSPS) is 20.3. The van der Waals surface area contributed by atoms with Crippen molar-refractivity contribution in [2.75, 3.05) is 19.8 Å². The SMILES string of the molecule is CCCCCCCOC(=O)C1CCCCC1C(=O)O.OCCO. The molecule has 0 heterocycles. The third-order valence-corrected chi connectivity index (χ3v) is 3.98. The molecule has 0 saturated heterocycles. The lowest BCUT2D eigenvalue weighted by atomic mass is 9.79. The molecule has 3 N–H and O–H groups in total. The van der Waals surface area contributed by atoms with E-state index in [2.05, 4.69) is 6.92 Å². The number of rotatable bonds is 9. The molecule has 0 spiro atoms. The number of esters is 1. The van der Waals surface area contributed by atoms with Crippen LogP contribution in [0.25, 0.3) is 0 Å². The molecule has 1 aliphatic rings. The van der Waals surface area contributed by atoms with Gasteiger partial charge in [-0.05, 0) is 19.3 Å². The van der Waals surface area contributed by atoms with Crippen molar-refractivity contribution in [1.82, 2.24) is 0 Å². The van der Waals surface area contributed by atoms with Crippen molar-refractivity contribution in [1.29, 1.82) is 0 Å². The van der Waals surface area contributed by atoms with Gasteiger partial charge < -0.3 is 20.1 Å². The number of aliphatic carboxylic acids is 1. The summed E-state index contributed by atoms with van der Waals surface area (Å²) in [6.45, 7) is 2.35. The van der Waals surface area contributed by atoms with Crippen LogP contribution in [0.15, 0.2) is 0 Å². The summed E-state index contributed by atoms with van der Waals surface area (Å²) in [6, 6.07) is 0. The summed E-state index contributed by atoms with van der Waals surface area (Å²) in [6.07, 6.45) is 8.65. The molecule has 2 atom stereocenters. The molecule has 1 rings (SSSR count). The van der Waals surface area contributed by atoms with E-state index in [4.69, 9.17) is 20.1 Å². The fourth-order valence-corrected chi connectivity index (χ4v) is 2.69. The van der Waals surface area contributed by atoms with Crippen LogP contribution in [0.1, 0.15) is 64.7 Å². The molecule has 0 radical (unpaired) electrons. The van der Waals surface area contributed by atoms with Crippen molar-refractivity contribution in [3.8, 4) is 0 Å². The topological polar surface area (TPSA) is 104 Å². The van der Waals surface area contributed by atoms with Gasteiger partial charge in [-0.15, -0.1) is 0 Å². The molecule has 0 aromatic carbocycles. The lowest BCUT2D eigenvalue weighted by Crippen LogP contribution is -2.33. The lowest BCUT2D eigenvalue weighted by molar-refractivity contribution is -0.159. The predicted molar refractivity (Wildman–Crippen MR) is 87.0 cm³/mol. The van der Waals surface area contributed by atoms with Crippen LogP contribution in [0.3, 0.4) is 0 Å². The highest BCUT2D eigenvalue weighted by atomic mass is 16.5. The minimum Gasteiger partial charge on any atom is -0.481 e. The maximum Gasteiger partial charge on any atom is 0.309 e. The molecular weight excluding hydrogens is 300 g/mol. The smallest absolute Gasteiger partial charge is 0.309 e. The highest BCUT2D eigenvalue weighted by Crippen LogP contribution is 2.31. The quantitative estimate of drug-likeness (QED) is 0.442. The average molecular weight is 332 g/mol. The second-order valence-corrected chi connectivity index (χ2v) is 5.86. The first-order chi connectivity index (χ1) is 11.1. The number of carbonyl (C=O) groups excluding carboxylic acids is 1. The molecule has 0 aromatic rings. The molecular formula is C17H32O6. The number of aliphatic hydroxyl groups excluding tert-OH is 2. The lowest BCUT2D eigenvalue weighted by Gasteiger charge is -2.26. The van der Waals surface area contributed by atoms with Crippen molar-refractivity contribution in [2.24, 2.45) is 11.8 Å². The molecule has 1 fully saturated rings. The van der Waals surface area contributed by atoms with Gasteiger partial charge >= 0.3 is 11.9 Å². The highest BCUT2D eigenvalue weighted by Gasteiger charge is 2.36. The second kappa shape index (κ2) is 14.5. The Balaban J connectivity index is 0.00000108. The Labute approximate surface area is 138 Å². The average Bonchev–Trinajstić information content (AvgIpc) is 2.58. The van der Waals surface area contributed by atoms with Gasteiger partial charge in [0.2, 0.25) is 0 Å². The number of carboxylic acid groups (broad SMARTS) is 1. The first kappa shape index (κ1) is 21.9. The summed E-state index contributed by atoms with van der Waals surface area (Å²) in [5, 5.41) is 24.4. The summed E-state index contributed by atoms with van der Waals surface area (Å²) in [4.78, 5) is 23.0. The third kappa shape index (κ3) is 10.3. The highest BCUT2D eigenvalue weighted by molar-refractivity contribution is 5.81. The fourth-order valence-electron chi connectivity index (χ4n) is 2.69. The van der Waals surface area contributed by atoms with E-state index in [1.165, 1.54) is 19.3 Å². The van der Waals surface area contributed by atoms with Crippen molar-refractivity contribution in [2.45, 2.75) is 64.7 Å². The number of hydrogen-bond donors (Lipinski definition) is 3. The van der Waals surface area contributed by atoms with Gasteiger partial charge in [0.15, 0.2) is 0 Å². The molecule has 0 bridgehead atoms. The number of hydrogen-bond acceptors (Lipinski definition) is 5. The number of ether oxygens (including phenoxy) is 1. The Morgan fingerprint density at radius 3 is 2.04 bits per heavy atom. The molecule has 0 aliphatic heterocycles. The standard InChI is InChI=1S/C15H26O4.C2H6O2/c1-2-3-4-5-8-11-19-15(18)13-10-7-6-9-12(13)14(16)17;3-1-2-4/h12-13H,2-11H2,1H3,(H,16,17);3-4H,1-2H2. The molecule has 0 amide bonds. The van der Waals surface area contributed by atoms with E-state index in [1.54, 1.807) is 0 Å². The summed E-state index contributed by atoms with van der Waals surface area (Å²) in [5.74, 6) is -2.13. The minimum absolute atomic E-state index is 0.125. The van der Waals surface area contributed by atoms with Crippen LogP contribution in [0.5, 0.6) is 0 Å². The van der Waals surface area contributed by atoms with Crippen LogP contribution >= 0.6 is 0 Å². The van der Waals surface area contributed by atoms with Crippen LogP contribution in [-0.4, -0.2) is 47.1 Å². The first-order valence-electron chi connectivity index (χ1n) is 8.69. The van der Waals surface area contributed by atoms with Crippen LogP contribution in [0.4, 0.5) is 0 Å². The zero-order chi connectivity index (χ0) is 17.5. The first-order valence-corrected chi connectivity index (χ1v) is 8.69. The molecule has 6 heteroatoms. The number of carbonyl (C=O) groups is 2. The summed E-state index contributed by atoms with van der Waals surface area (Å²) in [5.41, 5.74) is 0. The van der Waals surface area contributed by atoms with Gasteiger partial charge in [-0.1, -0.05) is 45.4 Å². The maximum absolute atomic E-state index is 11.9. The molecule has 2 unspecified atom stereocenters. The van der Waals surface area contributed by atoms with Crippen molar-refractivity contribution < 1.29 is 29.6 Å². The van der Waals surface area contributed by atoms with E-state index in [0.717, 1.165) is 25.7 Å². The summed E-state index contributed by atoms with van der Waals surface area (Å²) >= 11 is 0. The third-order valence-electron chi connectivity index (χ3n) is 3.98. The van der Waals surface area contributed by atoms with Gasteiger partial charge in [0.1, 0.15) is 0 Å². The maximum atomic E-state index is 11.9. The Kier molecular flexibility index (Phi) is 13.7. The zero-order valence-electron chi connectivity index (χ0n) is 14.2. The van der Waals surface area contributed by atoms with E-state index in [-0.39, 0.29) is 19.2 Å². The summed E-state index contributed by atoms with van der Waals surface area (Å²) in [7, 11) is 0. The van der Waals surface area contributed by atoms with Gasteiger partial charge in [-0.25, -0.2) is 0 Å². The second-order valence-electron chi connectivity index (χ2n) is 5.86. The molecule has 1 aliphatic carbocycles. The Morgan fingerprint density at radius 2 is 1.52 bits per heavy atom. The largest absolute Gasteiger partial charge is 0.481 e. The fraction of sp³-hybridized carbons (Fsp3) is 0.882. The number of carboxylic acids is 1.